The summed E-state index contributed by atoms with van der Waals surface area (Å²) in [5.74, 6) is 0.593. The zero-order valence-electron chi connectivity index (χ0n) is 24.1. The molecule has 8 heteroatoms. The maximum absolute atomic E-state index is 13.0. The van der Waals surface area contributed by atoms with Crippen molar-refractivity contribution in [3.63, 3.8) is 0 Å². The number of rotatable bonds is 12. The van der Waals surface area contributed by atoms with Crippen LogP contribution in [0.3, 0.4) is 0 Å². The largest absolute Gasteiger partial charge is 0.464 e. The van der Waals surface area contributed by atoms with Gasteiger partial charge in [0.2, 0.25) is 0 Å². The first-order valence-corrected chi connectivity index (χ1v) is 14.7. The van der Waals surface area contributed by atoms with Gasteiger partial charge in [0.1, 0.15) is 6.61 Å². The van der Waals surface area contributed by atoms with Gasteiger partial charge in [-0.3, -0.25) is 19.3 Å². The molecule has 0 saturated heterocycles. The van der Waals surface area contributed by atoms with Crippen LogP contribution >= 0.6 is 0 Å². The molecule has 4 rings (SSSR count). The number of esters is 1. The van der Waals surface area contributed by atoms with E-state index in [0.717, 1.165) is 25.7 Å². The van der Waals surface area contributed by atoms with Crippen molar-refractivity contribution in [2.24, 2.45) is 41.4 Å². The van der Waals surface area contributed by atoms with Gasteiger partial charge in [-0.25, -0.2) is 4.79 Å². The van der Waals surface area contributed by atoms with Crippen molar-refractivity contribution < 1.29 is 28.7 Å². The number of carbonyl (C=O) groups is 4. The Labute approximate surface area is 242 Å². The molecular formula is C33H42N2O6. The average molecular weight is 563 g/mol. The van der Waals surface area contributed by atoms with Gasteiger partial charge < -0.3 is 14.8 Å². The number of benzene rings is 1. The van der Waals surface area contributed by atoms with E-state index in [1.807, 2.05) is 12.2 Å². The monoisotopic (exact) mass is 562 g/mol. The number of hydrogen-bond donors (Lipinski definition) is 1. The first-order valence-electron chi connectivity index (χ1n) is 14.7. The predicted octanol–water partition coefficient (Wildman–Crippen LogP) is 5.42. The van der Waals surface area contributed by atoms with E-state index >= 15 is 0 Å². The molecule has 1 N–H and O–H groups in total. The van der Waals surface area contributed by atoms with E-state index < -0.39 is 6.09 Å². The van der Waals surface area contributed by atoms with Crippen molar-refractivity contribution in [2.45, 2.75) is 39.5 Å². The van der Waals surface area contributed by atoms with Gasteiger partial charge in [-0.05, 0) is 67.4 Å². The smallest absolute Gasteiger partial charge is 0.407 e. The molecule has 6 unspecified atom stereocenters. The number of hydrogen-bond acceptors (Lipinski definition) is 6. The molecule has 0 bridgehead atoms. The van der Waals surface area contributed by atoms with Crippen LogP contribution in [-0.2, 0) is 14.3 Å². The second-order valence-corrected chi connectivity index (χ2v) is 11.8. The zero-order chi connectivity index (χ0) is 29.5. The van der Waals surface area contributed by atoms with E-state index in [0.29, 0.717) is 36.1 Å². The summed E-state index contributed by atoms with van der Waals surface area (Å²) in [6.07, 6.45) is 11.6. The van der Waals surface area contributed by atoms with Gasteiger partial charge >= 0.3 is 12.1 Å². The Morgan fingerprint density at radius 1 is 0.927 bits per heavy atom. The van der Waals surface area contributed by atoms with Crippen molar-refractivity contribution in [1.29, 1.82) is 0 Å². The lowest BCUT2D eigenvalue weighted by Gasteiger charge is -2.22. The molecule has 1 aliphatic heterocycles. The maximum Gasteiger partial charge on any atom is 0.407 e. The summed E-state index contributed by atoms with van der Waals surface area (Å²) in [5, 5.41) is 2.63. The number of fused-ring (bicyclic) bond motifs is 1. The molecule has 6 atom stereocenters. The molecular weight excluding hydrogens is 520 g/mol. The lowest BCUT2D eigenvalue weighted by Crippen LogP contribution is -2.35. The molecule has 3 amide bonds. The Morgan fingerprint density at radius 2 is 1.59 bits per heavy atom. The van der Waals surface area contributed by atoms with E-state index in [1.54, 1.807) is 38.1 Å². The van der Waals surface area contributed by atoms with Crippen LogP contribution in [0.2, 0.25) is 0 Å². The molecule has 1 aromatic rings. The third-order valence-corrected chi connectivity index (χ3v) is 8.65. The van der Waals surface area contributed by atoms with Crippen LogP contribution in [0.4, 0.5) is 4.79 Å². The summed E-state index contributed by atoms with van der Waals surface area (Å²) in [6.45, 7) is 12.5. The first kappa shape index (κ1) is 30.3. The van der Waals surface area contributed by atoms with Crippen molar-refractivity contribution in [1.82, 2.24) is 10.2 Å². The third kappa shape index (κ3) is 7.34. The van der Waals surface area contributed by atoms with Crippen LogP contribution < -0.4 is 5.32 Å². The summed E-state index contributed by atoms with van der Waals surface area (Å²) < 4.78 is 10.5. The zero-order valence-corrected chi connectivity index (χ0v) is 24.1. The van der Waals surface area contributed by atoms with E-state index in [2.05, 4.69) is 30.6 Å². The van der Waals surface area contributed by atoms with Crippen LogP contribution in [0, 0.1) is 41.4 Å². The van der Waals surface area contributed by atoms with Gasteiger partial charge in [0.25, 0.3) is 11.8 Å². The molecule has 0 radical (unpaired) electrons. The van der Waals surface area contributed by atoms with Crippen LogP contribution in [-0.4, -0.2) is 55.1 Å². The van der Waals surface area contributed by atoms with E-state index in [1.165, 1.54) is 4.90 Å². The molecule has 8 nitrogen and oxygen atoms in total. The fraction of sp³-hybridized carbons (Fsp3) is 0.515. The molecule has 220 valence electrons. The third-order valence-electron chi connectivity index (χ3n) is 8.65. The number of alkyl carbamates (subject to hydrolysis) is 1. The topological polar surface area (TPSA) is 102 Å². The number of ether oxygens (including phenoxy) is 2. The summed E-state index contributed by atoms with van der Waals surface area (Å²) in [6, 6.07) is 7.02. The Hall–Kier alpha value is -3.68. The first-order chi connectivity index (χ1) is 19.7. The predicted molar refractivity (Wildman–Crippen MR) is 156 cm³/mol. The molecule has 2 saturated carbocycles. The maximum atomic E-state index is 13.0. The second-order valence-electron chi connectivity index (χ2n) is 11.8. The molecule has 3 aliphatic rings. The summed E-state index contributed by atoms with van der Waals surface area (Å²) in [4.78, 5) is 51.0. The number of nitrogens with one attached hydrogen (secondary N) is 1. The SMILES string of the molecule is C=CC1CC(C=CC2CC(C=C)C(COC(=O)NCCOC(=O)C(C)C)C2)C(CN2C(=O)c3ccccc3C2=O)C1. The molecule has 41 heavy (non-hydrogen) atoms. The molecule has 0 spiro atoms. The summed E-state index contributed by atoms with van der Waals surface area (Å²) >= 11 is 0. The Morgan fingerprint density at radius 3 is 2.22 bits per heavy atom. The molecule has 0 aromatic heterocycles. The molecule has 2 fully saturated rings. The van der Waals surface area contributed by atoms with Gasteiger partial charge in [-0.15, -0.1) is 13.2 Å². The van der Waals surface area contributed by atoms with E-state index in [4.69, 9.17) is 9.47 Å². The number of imide groups is 1. The summed E-state index contributed by atoms with van der Waals surface area (Å²) in [5.41, 5.74) is 0.974. The highest BCUT2D eigenvalue weighted by Gasteiger charge is 2.40. The minimum absolute atomic E-state index is 0.111. The van der Waals surface area contributed by atoms with Crippen molar-refractivity contribution in [3.05, 3.63) is 72.9 Å². The lowest BCUT2D eigenvalue weighted by molar-refractivity contribution is -0.147. The van der Waals surface area contributed by atoms with Gasteiger partial charge in [-0.2, -0.15) is 0 Å². The summed E-state index contributed by atoms with van der Waals surface area (Å²) in [7, 11) is 0. The van der Waals surface area contributed by atoms with Crippen LogP contribution in [0.25, 0.3) is 0 Å². The normalized spacial score (nSPS) is 27.3. The molecule has 1 heterocycles. The van der Waals surface area contributed by atoms with Crippen molar-refractivity contribution in [3.8, 4) is 0 Å². The highest BCUT2D eigenvalue weighted by Crippen LogP contribution is 2.42. The van der Waals surface area contributed by atoms with Gasteiger partial charge in [0.05, 0.1) is 30.2 Å². The number of nitrogens with zero attached hydrogens (tertiary/aromatic N) is 1. The van der Waals surface area contributed by atoms with Gasteiger partial charge in [0, 0.05) is 12.5 Å². The fourth-order valence-corrected chi connectivity index (χ4v) is 6.32. The van der Waals surface area contributed by atoms with Crippen molar-refractivity contribution in [2.75, 3.05) is 26.3 Å². The van der Waals surface area contributed by atoms with E-state index in [-0.39, 0.29) is 60.5 Å². The quantitative estimate of drug-likeness (QED) is 0.158. The minimum atomic E-state index is -0.523. The lowest BCUT2D eigenvalue weighted by atomic mass is 9.93. The minimum Gasteiger partial charge on any atom is -0.464 e. The Kier molecular flexibility index (Phi) is 10.2. The molecule has 2 aliphatic carbocycles. The second kappa shape index (κ2) is 13.8. The fourth-order valence-electron chi connectivity index (χ4n) is 6.32. The van der Waals surface area contributed by atoms with Crippen molar-refractivity contribution >= 4 is 23.9 Å². The molecule has 1 aromatic carbocycles. The highest BCUT2D eigenvalue weighted by atomic mass is 16.6. The number of allylic oxidation sites excluding steroid dienone is 4. The van der Waals surface area contributed by atoms with Crippen LogP contribution in [0.15, 0.2) is 61.7 Å². The highest BCUT2D eigenvalue weighted by molar-refractivity contribution is 6.21. The standard InChI is InChI=1S/C33H42N2O6/c1-5-22-15-25(26(16-22)19-35-30(36)28-9-7-8-10-29(28)31(35)37)12-11-23-17-24(6-2)27(18-23)20-41-33(39)34-13-14-40-32(38)21(3)4/h5-12,21-27H,1-2,13-20H2,3-4H3,(H,34,39). The number of carbonyl (C=O) groups excluding carboxylic acids is 4. The van der Waals surface area contributed by atoms with Crippen LogP contribution in [0.1, 0.15) is 60.2 Å². The average Bonchev–Trinajstić information content (AvgIpc) is 3.63. The van der Waals surface area contributed by atoms with Gasteiger partial charge in [0.15, 0.2) is 0 Å². The van der Waals surface area contributed by atoms with Crippen LogP contribution in [0.5, 0.6) is 0 Å². The Bertz CT molecular complexity index is 1150. The van der Waals surface area contributed by atoms with E-state index in [9.17, 15) is 19.2 Å². The van der Waals surface area contributed by atoms with Gasteiger partial charge in [-0.1, -0.05) is 50.3 Å². The number of amides is 3. The Balaban J connectivity index is 1.28.